The Morgan fingerprint density at radius 3 is 2.48 bits per heavy atom. The van der Waals surface area contributed by atoms with Crippen LogP contribution in [0, 0.1) is 0 Å². The molecule has 2 aromatic carbocycles. The maximum absolute atomic E-state index is 4.93. The Labute approximate surface area is 170 Å². The maximum atomic E-state index is 4.93. The Morgan fingerprint density at radius 2 is 1.69 bits per heavy atom. The molecule has 1 aliphatic heterocycles. The summed E-state index contributed by atoms with van der Waals surface area (Å²) in [4.78, 5) is 16.7. The van der Waals surface area contributed by atoms with Crippen molar-refractivity contribution in [2.24, 2.45) is 0 Å². The van der Waals surface area contributed by atoms with Gasteiger partial charge in [-0.3, -0.25) is 0 Å². The first kappa shape index (κ1) is 17.7. The Balaban J connectivity index is 1.59. The van der Waals surface area contributed by atoms with Gasteiger partial charge in [0, 0.05) is 24.8 Å². The zero-order valence-corrected chi connectivity index (χ0v) is 16.7. The molecule has 0 unspecified atom stereocenters. The largest absolute Gasteiger partial charge is 0.338 e. The number of imidazole rings is 1. The van der Waals surface area contributed by atoms with Crippen molar-refractivity contribution in [1.29, 1.82) is 0 Å². The van der Waals surface area contributed by atoms with Crippen molar-refractivity contribution in [1.82, 2.24) is 19.5 Å². The molecular weight excluding hydrogens is 360 g/mol. The quantitative estimate of drug-likeness (QED) is 0.552. The zero-order chi connectivity index (χ0) is 19.8. The molecule has 5 rings (SSSR count). The summed E-state index contributed by atoms with van der Waals surface area (Å²) in [5.41, 5.74) is 5.41. The van der Waals surface area contributed by atoms with Gasteiger partial charge in [0.1, 0.15) is 0 Å². The van der Waals surface area contributed by atoms with Gasteiger partial charge < -0.3 is 14.8 Å². The molecule has 0 saturated carbocycles. The monoisotopic (exact) mass is 384 g/mol. The lowest BCUT2D eigenvalue weighted by Crippen LogP contribution is -2.32. The van der Waals surface area contributed by atoms with Crippen LogP contribution in [0.4, 0.5) is 17.5 Å². The summed E-state index contributed by atoms with van der Waals surface area (Å²) in [5, 5.41) is 3.44. The van der Waals surface area contributed by atoms with Crippen LogP contribution >= 0.6 is 0 Å². The predicted octanol–water partition coefficient (Wildman–Crippen LogP) is 4.71. The molecule has 3 heterocycles. The highest BCUT2D eigenvalue weighted by molar-refractivity contribution is 5.86. The second-order valence-corrected chi connectivity index (χ2v) is 7.72. The lowest BCUT2D eigenvalue weighted by Gasteiger charge is -2.29. The summed E-state index contributed by atoms with van der Waals surface area (Å²) in [6, 6.07) is 19.0. The lowest BCUT2D eigenvalue weighted by atomic mass is 10.0. The first-order valence-electron chi connectivity index (χ1n) is 10.1. The van der Waals surface area contributed by atoms with Crippen LogP contribution in [0.25, 0.3) is 11.2 Å². The van der Waals surface area contributed by atoms with E-state index >= 15 is 0 Å². The van der Waals surface area contributed by atoms with Gasteiger partial charge in [0.15, 0.2) is 17.0 Å². The number of anilines is 3. The zero-order valence-electron chi connectivity index (χ0n) is 16.7. The number of nitrogens with zero attached hydrogens (tertiary/aromatic N) is 5. The number of fused-ring (bicyclic) bond motifs is 2. The fraction of sp³-hybridized carbons (Fsp3) is 0.261. The third-order valence-electron chi connectivity index (χ3n) is 5.42. The van der Waals surface area contributed by atoms with E-state index in [1.54, 1.807) is 0 Å². The standard InChI is InChI=1S/C23H24N6/c1-16(2)29-15-24-20-21(25-19-10-4-3-5-11-19)26-23(27-22(20)29)28-13-12-17-8-6-7-9-18(17)14-28/h3-11,15-16H,12-14H2,1-2H3,(H,25,26,27). The van der Waals surface area contributed by atoms with Gasteiger partial charge in [-0.1, -0.05) is 42.5 Å². The Morgan fingerprint density at radius 1 is 0.931 bits per heavy atom. The van der Waals surface area contributed by atoms with Gasteiger partial charge in [-0.2, -0.15) is 9.97 Å². The van der Waals surface area contributed by atoms with Gasteiger partial charge in [0.05, 0.1) is 6.33 Å². The number of benzene rings is 2. The smallest absolute Gasteiger partial charge is 0.229 e. The molecule has 0 amide bonds. The van der Waals surface area contributed by atoms with E-state index in [2.05, 4.69) is 57.9 Å². The van der Waals surface area contributed by atoms with E-state index in [1.807, 2.05) is 36.7 Å². The molecule has 0 aliphatic carbocycles. The number of para-hydroxylation sites is 1. The molecule has 0 spiro atoms. The fourth-order valence-electron chi connectivity index (χ4n) is 3.84. The average molecular weight is 384 g/mol. The highest BCUT2D eigenvalue weighted by Crippen LogP contribution is 2.29. The Hall–Kier alpha value is -3.41. The normalized spacial score (nSPS) is 13.7. The van der Waals surface area contributed by atoms with Gasteiger partial charge in [0.25, 0.3) is 0 Å². The van der Waals surface area contributed by atoms with Crippen LogP contribution < -0.4 is 10.2 Å². The average Bonchev–Trinajstić information content (AvgIpc) is 3.19. The summed E-state index contributed by atoms with van der Waals surface area (Å²) in [7, 11) is 0. The van der Waals surface area contributed by atoms with Crippen LogP contribution in [0.1, 0.15) is 31.0 Å². The highest BCUT2D eigenvalue weighted by Gasteiger charge is 2.22. The van der Waals surface area contributed by atoms with E-state index in [0.29, 0.717) is 0 Å². The van der Waals surface area contributed by atoms with Gasteiger partial charge >= 0.3 is 0 Å². The summed E-state index contributed by atoms with van der Waals surface area (Å²) < 4.78 is 2.11. The minimum atomic E-state index is 0.273. The van der Waals surface area contributed by atoms with Gasteiger partial charge in [0.2, 0.25) is 5.95 Å². The highest BCUT2D eigenvalue weighted by atomic mass is 15.3. The van der Waals surface area contributed by atoms with Gasteiger partial charge in [-0.15, -0.1) is 0 Å². The molecule has 29 heavy (non-hydrogen) atoms. The predicted molar refractivity (Wildman–Crippen MR) is 117 cm³/mol. The molecule has 2 aromatic heterocycles. The number of hydrogen-bond acceptors (Lipinski definition) is 5. The van der Waals surface area contributed by atoms with Crippen molar-refractivity contribution in [3.05, 3.63) is 72.1 Å². The summed E-state index contributed by atoms with van der Waals surface area (Å²) >= 11 is 0. The first-order chi connectivity index (χ1) is 14.2. The molecule has 0 radical (unpaired) electrons. The van der Waals surface area contributed by atoms with Crippen molar-refractivity contribution in [3.63, 3.8) is 0 Å². The van der Waals surface area contributed by atoms with Crippen LogP contribution in [0.15, 0.2) is 60.9 Å². The number of aromatic nitrogens is 4. The van der Waals surface area contributed by atoms with Crippen molar-refractivity contribution in [2.75, 3.05) is 16.8 Å². The van der Waals surface area contributed by atoms with Crippen molar-refractivity contribution in [3.8, 4) is 0 Å². The van der Waals surface area contributed by atoms with Crippen LogP contribution in [-0.4, -0.2) is 26.1 Å². The Bertz CT molecular complexity index is 1150. The SMILES string of the molecule is CC(C)n1cnc2c(Nc3ccccc3)nc(N3CCc4ccccc4C3)nc21. The molecule has 0 atom stereocenters. The fourth-order valence-corrected chi connectivity index (χ4v) is 3.84. The van der Waals surface area contributed by atoms with E-state index in [0.717, 1.165) is 48.1 Å². The molecular formula is C23H24N6. The molecule has 4 aromatic rings. The number of rotatable bonds is 4. The second-order valence-electron chi connectivity index (χ2n) is 7.72. The van der Waals surface area contributed by atoms with E-state index in [1.165, 1.54) is 11.1 Å². The third-order valence-corrected chi connectivity index (χ3v) is 5.42. The molecule has 146 valence electrons. The van der Waals surface area contributed by atoms with Crippen LogP contribution in [0.2, 0.25) is 0 Å². The van der Waals surface area contributed by atoms with E-state index in [9.17, 15) is 0 Å². The summed E-state index contributed by atoms with van der Waals surface area (Å²) in [6.45, 7) is 6.01. The first-order valence-corrected chi connectivity index (χ1v) is 10.1. The number of nitrogens with one attached hydrogen (secondary N) is 1. The summed E-state index contributed by atoms with van der Waals surface area (Å²) in [5.74, 6) is 1.49. The van der Waals surface area contributed by atoms with Crippen molar-refractivity contribution in [2.45, 2.75) is 32.9 Å². The van der Waals surface area contributed by atoms with E-state index in [4.69, 9.17) is 9.97 Å². The number of hydrogen-bond donors (Lipinski definition) is 1. The summed E-state index contributed by atoms with van der Waals surface area (Å²) in [6.07, 6.45) is 2.86. The second kappa shape index (κ2) is 7.20. The molecule has 6 heteroatoms. The minimum absolute atomic E-state index is 0.273. The third kappa shape index (κ3) is 3.31. The molecule has 0 bridgehead atoms. The molecule has 0 fully saturated rings. The molecule has 1 aliphatic rings. The van der Waals surface area contributed by atoms with Crippen LogP contribution in [-0.2, 0) is 13.0 Å². The maximum Gasteiger partial charge on any atom is 0.229 e. The topological polar surface area (TPSA) is 58.9 Å². The van der Waals surface area contributed by atoms with E-state index in [-0.39, 0.29) is 6.04 Å². The van der Waals surface area contributed by atoms with Crippen molar-refractivity contribution >= 4 is 28.6 Å². The van der Waals surface area contributed by atoms with Gasteiger partial charge in [-0.05, 0) is 43.5 Å². The molecule has 1 N–H and O–H groups in total. The van der Waals surface area contributed by atoms with Crippen LogP contribution in [0.5, 0.6) is 0 Å². The minimum Gasteiger partial charge on any atom is -0.338 e. The van der Waals surface area contributed by atoms with Gasteiger partial charge in [-0.25, -0.2) is 4.98 Å². The molecule has 0 saturated heterocycles. The van der Waals surface area contributed by atoms with E-state index < -0.39 is 0 Å². The van der Waals surface area contributed by atoms with Crippen molar-refractivity contribution < 1.29 is 0 Å². The lowest BCUT2D eigenvalue weighted by molar-refractivity contribution is 0.611. The van der Waals surface area contributed by atoms with Crippen LogP contribution in [0.3, 0.4) is 0 Å². The molecule has 6 nitrogen and oxygen atoms in total. The Kier molecular flexibility index (Phi) is 4.39.